The Bertz CT molecular complexity index is 400. The van der Waals surface area contributed by atoms with Crippen molar-refractivity contribution in [1.29, 1.82) is 0 Å². The van der Waals surface area contributed by atoms with Gasteiger partial charge < -0.3 is 10.0 Å². The Hall–Kier alpha value is -0.660. The quantitative estimate of drug-likeness (QED) is 0.769. The van der Waals surface area contributed by atoms with Crippen molar-refractivity contribution in [3.8, 4) is 0 Å². The highest BCUT2D eigenvalue weighted by Crippen LogP contribution is 2.14. The zero-order valence-electron chi connectivity index (χ0n) is 11.9. The zero-order chi connectivity index (χ0) is 14.6. The second-order valence-corrected chi connectivity index (χ2v) is 7.70. The molecule has 1 saturated heterocycles. The molecule has 0 spiro atoms. The van der Waals surface area contributed by atoms with Crippen LogP contribution < -0.4 is 0 Å². The smallest absolute Gasteiger partial charge is 0.323 e. The summed E-state index contributed by atoms with van der Waals surface area (Å²) in [4.78, 5) is 13.0. The Balaban J connectivity index is 2.52. The normalized spacial score (nSPS) is 20.6. The first-order chi connectivity index (χ1) is 8.75. The Labute approximate surface area is 115 Å². The Morgan fingerprint density at radius 1 is 1.16 bits per heavy atom. The molecular weight excluding hydrogens is 268 g/mol. The summed E-state index contributed by atoms with van der Waals surface area (Å²) >= 11 is 0. The fraction of sp³-hybridized carbons (Fsp3) is 0.917. The lowest BCUT2D eigenvalue weighted by atomic mass is 10.1. The average molecular weight is 292 g/mol. The molecule has 1 atom stereocenters. The number of piperazine rings is 1. The van der Waals surface area contributed by atoms with Crippen molar-refractivity contribution in [2.24, 2.45) is 5.92 Å². The molecule has 1 unspecified atom stereocenters. The van der Waals surface area contributed by atoms with Crippen LogP contribution in [-0.4, -0.2) is 66.7 Å². The van der Waals surface area contributed by atoms with Gasteiger partial charge in [0, 0.05) is 26.2 Å². The van der Waals surface area contributed by atoms with Crippen molar-refractivity contribution in [3.63, 3.8) is 0 Å². The van der Waals surface area contributed by atoms with E-state index >= 15 is 0 Å². The molecule has 6 nitrogen and oxygen atoms in total. The molecule has 1 heterocycles. The molecule has 1 aliphatic heterocycles. The monoisotopic (exact) mass is 292 g/mol. The molecule has 0 aromatic carbocycles. The van der Waals surface area contributed by atoms with Crippen LogP contribution in [0.15, 0.2) is 0 Å². The van der Waals surface area contributed by atoms with E-state index in [0.29, 0.717) is 32.1 Å². The molecular formula is C12H24N2O4S. The van der Waals surface area contributed by atoms with Gasteiger partial charge in [-0.2, -0.15) is 4.31 Å². The van der Waals surface area contributed by atoms with Crippen LogP contribution in [0.25, 0.3) is 0 Å². The highest BCUT2D eigenvalue weighted by atomic mass is 32.2. The molecule has 1 N–H and O–H groups in total. The van der Waals surface area contributed by atoms with Crippen LogP contribution in [0.5, 0.6) is 0 Å². The molecule has 0 radical (unpaired) electrons. The number of carbonyl (C=O) groups is 1. The number of hydrogen-bond donors (Lipinski definition) is 1. The summed E-state index contributed by atoms with van der Waals surface area (Å²) in [6.45, 7) is 8.65. The lowest BCUT2D eigenvalue weighted by Gasteiger charge is -2.35. The summed E-state index contributed by atoms with van der Waals surface area (Å²) in [6, 6.07) is 0. The number of rotatable bonds is 6. The lowest BCUT2D eigenvalue weighted by molar-refractivity contribution is -0.136. The van der Waals surface area contributed by atoms with Crippen LogP contribution >= 0.6 is 0 Å². The van der Waals surface area contributed by atoms with Gasteiger partial charge in [0.05, 0.1) is 0 Å². The van der Waals surface area contributed by atoms with Crippen molar-refractivity contribution in [3.05, 3.63) is 0 Å². The second-order valence-electron chi connectivity index (χ2n) is 5.45. The minimum Gasteiger partial charge on any atom is -0.480 e. The van der Waals surface area contributed by atoms with E-state index in [0.717, 1.165) is 13.0 Å². The molecule has 1 aliphatic rings. The van der Waals surface area contributed by atoms with Crippen LogP contribution in [0.2, 0.25) is 0 Å². The third kappa shape index (κ3) is 4.43. The van der Waals surface area contributed by atoms with E-state index in [1.54, 1.807) is 0 Å². The Kier molecular flexibility index (Phi) is 5.76. The van der Waals surface area contributed by atoms with Gasteiger partial charge in [-0.15, -0.1) is 0 Å². The summed E-state index contributed by atoms with van der Waals surface area (Å²) in [5.74, 6) is -0.656. The SMILES string of the molecule is CC(C)CCN1CCN(S(=O)(=O)C(C)C(=O)O)CC1. The summed E-state index contributed by atoms with van der Waals surface area (Å²) in [5, 5.41) is 7.46. The predicted octanol–water partition coefficient (Wildman–Crippen LogP) is 0.453. The number of aliphatic carboxylic acids is 1. The lowest BCUT2D eigenvalue weighted by Crippen LogP contribution is -2.52. The number of nitrogens with zero attached hydrogens (tertiary/aromatic N) is 2. The average Bonchev–Trinajstić information content (AvgIpc) is 2.35. The molecule has 1 fully saturated rings. The van der Waals surface area contributed by atoms with E-state index in [1.807, 2.05) is 0 Å². The van der Waals surface area contributed by atoms with E-state index in [2.05, 4.69) is 18.7 Å². The van der Waals surface area contributed by atoms with Gasteiger partial charge in [-0.25, -0.2) is 8.42 Å². The minimum absolute atomic E-state index is 0.387. The van der Waals surface area contributed by atoms with Crippen molar-refractivity contribution >= 4 is 16.0 Å². The summed E-state index contributed by atoms with van der Waals surface area (Å²) in [6.07, 6.45) is 1.10. The molecule has 0 aromatic rings. The van der Waals surface area contributed by atoms with E-state index in [9.17, 15) is 13.2 Å². The summed E-state index contributed by atoms with van der Waals surface area (Å²) in [5.41, 5.74) is 0. The number of hydrogen-bond acceptors (Lipinski definition) is 4. The molecule has 112 valence electrons. The number of carboxylic acid groups (broad SMARTS) is 1. The van der Waals surface area contributed by atoms with Crippen LogP contribution in [0.1, 0.15) is 27.2 Å². The summed E-state index contributed by atoms with van der Waals surface area (Å²) in [7, 11) is -3.71. The van der Waals surface area contributed by atoms with Gasteiger partial charge in [-0.05, 0) is 25.8 Å². The predicted molar refractivity (Wildman–Crippen MR) is 73.5 cm³/mol. The first-order valence-corrected chi connectivity index (χ1v) is 8.19. The Morgan fingerprint density at radius 3 is 2.11 bits per heavy atom. The molecule has 19 heavy (non-hydrogen) atoms. The van der Waals surface area contributed by atoms with E-state index in [1.165, 1.54) is 11.2 Å². The number of carboxylic acids is 1. The van der Waals surface area contributed by atoms with Crippen molar-refractivity contribution in [1.82, 2.24) is 9.21 Å². The standard InChI is InChI=1S/C12H24N2O4S/c1-10(2)4-5-13-6-8-14(9-7-13)19(17,18)11(3)12(15)16/h10-11H,4-9H2,1-3H3,(H,15,16). The van der Waals surface area contributed by atoms with Crippen molar-refractivity contribution in [2.45, 2.75) is 32.4 Å². The first kappa shape index (κ1) is 16.4. The van der Waals surface area contributed by atoms with Gasteiger partial charge in [0.15, 0.2) is 5.25 Å². The molecule has 7 heteroatoms. The molecule has 0 amide bonds. The van der Waals surface area contributed by atoms with E-state index in [-0.39, 0.29) is 0 Å². The van der Waals surface area contributed by atoms with Gasteiger partial charge >= 0.3 is 5.97 Å². The van der Waals surface area contributed by atoms with E-state index < -0.39 is 21.2 Å². The van der Waals surface area contributed by atoms with Crippen molar-refractivity contribution < 1.29 is 18.3 Å². The van der Waals surface area contributed by atoms with Crippen LogP contribution in [-0.2, 0) is 14.8 Å². The summed E-state index contributed by atoms with van der Waals surface area (Å²) < 4.78 is 25.4. The Morgan fingerprint density at radius 2 is 1.68 bits per heavy atom. The fourth-order valence-corrected chi connectivity index (χ4v) is 3.37. The van der Waals surface area contributed by atoms with Gasteiger partial charge in [-0.1, -0.05) is 13.8 Å². The largest absolute Gasteiger partial charge is 0.480 e. The van der Waals surface area contributed by atoms with Gasteiger partial charge in [0.2, 0.25) is 10.0 Å². The third-order valence-electron chi connectivity index (χ3n) is 3.51. The maximum absolute atomic E-state index is 12.0. The van der Waals surface area contributed by atoms with Crippen LogP contribution in [0.4, 0.5) is 0 Å². The molecule has 1 rings (SSSR count). The maximum atomic E-state index is 12.0. The molecule has 0 saturated carbocycles. The fourth-order valence-electron chi connectivity index (χ4n) is 2.00. The van der Waals surface area contributed by atoms with Gasteiger partial charge in [0.25, 0.3) is 0 Å². The van der Waals surface area contributed by atoms with Gasteiger partial charge in [-0.3, -0.25) is 4.79 Å². The minimum atomic E-state index is -3.71. The molecule has 0 bridgehead atoms. The third-order valence-corrected chi connectivity index (χ3v) is 5.69. The highest BCUT2D eigenvalue weighted by Gasteiger charge is 2.35. The first-order valence-electron chi connectivity index (χ1n) is 6.69. The second kappa shape index (κ2) is 6.67. The highest BCUT2D eigenvalue weighted by molar-refractivity contribution is 7.90. The van der Waals surface area contributed by atoms with Crippen LogP contribution in [0.3, 0.4) is 0 Å². The molecule has 0 aliphatic carbocycles. The zero-order valence-corrected chi connectivity index (χ0v) is 12.7. The van der Waals surface area contributed by atoms with Crippen LogP contribution in [0, 0.1) is 5.92 Å². The van der Waals surface area contributed by atoms with Crippen molar-refractivity contribution in [2.75, 3.05) is 32.7 Å². The van der Waals surface area contributed by atoms with Gasteiger partial charge in [0.1, 0.15) is 0 Å². The maximum Gasteiger partial charge on any atom is 0.323 e. The molecule has 0 aromatic heterocycles. The number of sulfonamides is 1. The topological polar surface area (TPSA) is 77.9 Å². The van der Waals surface area contributed by atoms with E-state index in [4.69, 9.17) is 5.11 Å².